The summed E-state index contributed by atoms with van der Waals surface area (Å²) in [5.41, 5.74) is 10.9. The lowest BCUT2D eigenvalue weighted by molar-refractivity contribution is -0.133. The minimum absolute atomic E-state index is 0.117. The van der Waals surface area contributed by atoms with Gasteiger partial charge in [0.1, 0.15) is 11.8 Å². The van der Waals surface area contributed by atoms with Crippen LogP contribution in [0.25, 0.3) is 0 Å². The second-order valence-corrected chi connectivity index (χ2v) is 12.9. The molecule has 0 aromatic heterocycles. The lowest BCUT2D eigenvalue weighted by atomic mass is 9.80. The predicted molar refractivity (Wildman–Crippen MR) is 182 cm³/mol. The van der Waals surface area contributed by atoms with Crippen LogP contribution in [0, 0.1) is 23.7 Å². The number of alkyl carbamates (subject to hydrolysis) is 2. The van der Waals surface area contributed by atoms with Crippen molar-refractivity contribution < 1.29 is 38.5 Å². The third-order valence-electron chi connectivity index (χ3n) is 7.71. The van der Waals surface area contributed by atoms with E-state index < -0.39 is 54.0 Å². The number of ether oxygens (including phenoxy) is 3. The summed E-state index contributed by atoms with van der Waals surface area (Å²) >= 11 is 0. The first-order valence-electron chi connectivity index (χ1n) is 16.2. The number of methoxy groups -OCH3 is 2. The topological polar surface area (TPSA) is 182 Å². The van der Waals surface area contributed by atoms with Crippen molar-refractivity contribution in [2.45, 2.75) is 72.3 Å². The van der Waals surface area contributed by atoms with Gasteiger partial charge in [0.2, 0.25) is 0 Å². The summed E-state index contributed by atoms with van der Waals surface area (Å²) < 4.78 is 15.3. The zero-order valence-electron chi connectivity index (χ0n) is 29.3. The number of hydrogen-bond acceptors (Lipinski definition) is 10. The molecule has 0 fully saturated rings. The molecule has 0 bridgehead atoms. The predicted octanol–water partition coefficient (Wildman–Crippen LogP) is 3.56. The third-order valence-corrected chi connectivity index (χ3v) is 7.71. The van der Waals surface area contributed by atoms with Gasteiger partial charge in [0, 0.05) is 19.1 Å². The Morgan fingerprint density at radius 3 is 1.85 bits per heavy atom. The van der Waals surface area contributed by atoms with E-state index in [1.807, 2.05) is 30.3 Å². The van der Waals surface area contributed by atoms with Crippen LogP contribution in [0.5, 0.6) is 5.75 Å². The van der Waals surface area contributed by atoms with Gasteiger partial charge in [-0.05, 0) is 41.0 Å². The Balaban J connectivity index is 2.50. The summed E-state index contributed by atoms with van der Waals surface area (Å²) in [6, 6.07) is 13.2. The van der Waals surface area contributed by atoms with Crippen LogP contribution in [-0.2, 0) is 25.6 Å². The summed E-state index contributed by atoms with van der Waals surface area (Å²) in [7, 11) is 2.40. The molecule has 2 aromatic rings. The summed E-state index contributed by atoms with van der Waals surface area (Å²) in [6.45, 7) is 11.6. The molecular weight excluding hydrogens is 618 g/mol. The van der Waals surface area contributed by atoms with Gasteiger partial charge in [-0.3, -0.25) is 15.0 Å². The van der Waals surface area contributed by atoms with Crippen LogP contribution >= 0.6 is 0 Å². The number of ketones is 1. The van der Waals surface area contributed by atoms with E-state index in [2.05, 4.69) is 29.9 Å². The molecular formula is C35H53N5O8. The van der Waals surface area contributed by atoms with Crippen LogP contribution in [0.15, 0.2) is 54.6 Å². The van der Waals surface area contributed by atoms with E-state index in [1.165, 1.54) is 19.2 Å². The van der Waals surface area contributed by atoms with Crippen molar-refractivity contribution in [1.82, 2.24) is 21.1 Å². The minimum atomic E-state index is -1.42. The fourth-order valence-electron chi connectivity index (χ4n) is 5.06. The van der Waals surface area contributed by atoms with Crippen LogP contribution in [0.1, 0.15) is 58.7 Å². The smallest absolute Gasteiger partial charge is 0.407 e. The number of carbonyl (C=O) groups excluding carboxylic acids is 4. The van der Waals surface area contributed by atoms with Crippen LogP contribution in [0.3, 0.4) is 0 Å². The number of aliphatic hydroxyl groups is 1. The quantitative estimate of drug-likeness (QED) is 0.147. The molecule has 6 N–H and O–H groups in total. The number of benzene rings is 2. The fourth-order valence-corrected chi connectivity index (χ4v) is 5.06. The molecule has 0 heterocycles. The standard InChI is InChI=1S/C35H53N5O8/c1-21(2)20-48-26-16-14-24(15-17-26)18-40(39-33(43)31(23(5)6)38-35(45)47-8)19-27(41)28(29(36)25-12-10-9-11-13-25)32(42)30(22(3)4)37-34(44)46-7/h9-17,21-23,27-31,41H,18-20,36H2,1-8H3,(H,37,44)(H,38,45)(H,39,43)/t27-,28?,29?,30-,31-/m0/s1. The largest absolute Gasteiger partial charge is 0.493 e. The molecule has 3 amide bonds. The first kappa shape index (κ1) is 40.0. The molecule has 48 heavy (non-hydrogen) atoms. The first-order valence-corrected chi connectivity index (χ1v) is 16.2. The number of rotatable bonds is 18. The van der Waals surface area contributed by atoms with Gasteiger partial charge in [-0.2, -0.15) is 0 Å². The normalized spacial score (nSPS) is 14.5. The number of nitrogens with one attached hydrogen (secondary N) is 3. The molecule has 0 aliphatic heterocycles. The van der Waals surface area contributed by atoms with Crippen molar-refractivity contribution in [1.29, 1.82) is 0 Å². The van der Waals surface area contributed by atoms with Gasteiger partial charge in [-0.25, -0.2) is 14.6 Å². The summed E-state index contributed by atoms with van der Waals surface area (Å²) in [5.74, 6) is -1.91. The molecule has 0 saturated heterocycles. The van der Waals surface area contributed by atoms with Crippen molar-refractivity contribution in [3.8, 4) is 5.75 Å². The van der Waals surface area contributed by atoms with Crippen LogP contribution < -0.4 is 26.5 Å². The molecule has 0 aliphatic rings. The van der Waals surface area contributed by atoms with Crippen molar-refractivity contribution >= 4 is 23.9 Å². The highest BCUT2D eigenvalue weighted by Crippen LogP contribution is 2.27. The maximum absolute atomic E-state index is 14.2. The van der Waals surface area contributed by atoms with E-state index in [0.717, 1.165) is 5.56 Å². The second-order valence-electron chi connectivity index (χ2n) is 12.9. The highest BCUT2D eigenvalue weighted by Gasteiger charge is 2.40. The number of carbonyl (C=O) groups is 4. The number of aliphatic hydroxyl groups excluding tert-OH is 1. The summed E-state index contributed by atoms with van der Waals surface area (Å²) in [6.07, 6.45) is -2.99. The molecule has 5 atom stereocenters. The van der Waals surface area contributed by atoms with Gasteiger partial charge in [0.15, 0.2) is 5.78 Å². The first-order chi connectivity index (χ1) is 22.7. The molecule has 2 unspecified atom stereocenters. The van der Waals surface area contributed by atoms with E-state index >= 15 is 0 Å². The Morgan fingerprint density at radius 1 is 0.812 bits per heavy atom. The third kappa shape index (κ3) is 12.4. The van der Waals surface area contributed by atoms with Gasteiger partial charge in [0.05, 0.1) is 38.9 Å². The molecule has 2 aromatic carbocycles. The summed E-state index contributed by atoms with van der Waals surface area (Å²) in [4.78, 5) is 51.9. The Bertz CT molecular complexity index is 1310. The second kappa shape index (κ2) is 19.6. The van der Waals surface area contributed by atoms with Crippen molar-refractivity contribution in [2.75, 3.05) is 27.4 Å². The average molecular weight is 672 g/mol. The number of Topliss-reactive ketones (excluding diaryl/α,β-unsaturated/α-hetero) is 1. The number of hydrazine groups is 1. The lowest BCUT2D eigenvalue weighted by Gasteiger charge is -2.35. The molecule has 266 valence electrons. The fraction of sp³-hybridized carbons (Fsp3) is 0.543. The van der Waals surface area contributed by atoms with Gasteiger partial charge in [0.25, 0.3) is 5.91 Å². The molecule has 2 rings (SSSR count). The Hall–Kier alpha value is -4.20. The maximum atomic E-state index is 14.2. The minimum Gasteiger partial charge on any atom is -0.493 e. The van der Waals surface area contributed by atoms with E-state index in [1.54, 1.807) is 52.0 Å². The maximum Gasteiger partial charge on any atom is 0.407 e. The Labute approximate surface area is 283 Å². The average Bonchev–Trinajstić information content (AvgIpc) is 3.05. The SMILES string of the molecule is COC(=O)N[C@H](C(=O)NN(Cc1ccc(OCC(C)C)cc1)C[C@H](O)C(C(=O)[C@@H](NC(=O)OC)C(C)C)C(N)c1ccccc1)C(C)C. The van der Waals surface area contributed by atoms with Crippen molar-refractivity contribution in [3.05, 3.63) is 65.7 Å². The van der Waals surface area contributed by atoms with Crippen LogP contribution in [0.2, 0.25) is 0 Å². The van der Waals surface area contributed by atoms with Crippen LogP contribution in [0.4, 0.5) is 9.59 Å². The zero-order chi connectivity index (χ0) is 36.0. The Morgan fingerprint density at radius 2 is 1.35 bits per heavy atom. The van der Waals surface area contributed by atoms with Crippen molar-refractivity contribution in [3.63, 3.8) is 0 Å². The van der Waals surface area contributed by atoms with Gasteiger partial charge in [-0.15, -0.1) is 0 Å². The molecule has 0 aliphatic carbocycles. The van der Waals surface area contributed by atoms with Crippen LogP contribution in [-0.4, -0.2) is 79.6 Å². The van der Waals surface area contributed by atoms with Gasteiger partial charge in [-0.1, -0.05) is 84.0 Å². The summed E-state index contributed by atoms with van der Waals surface area (Å²) in [5, 5.41) is 18.4. The lowest BCUT2D eigenvalue weighted by Crippen LogP contribution is -2.57. The number of nitrogens with zero attached hydrogens (tertiary/aromatic N) is 1. The Kier molecular flexibility index (Phi) is 16.3. The molecule has 0 saturated carbocycles. The monoisotopic (exact) mass is 671 g/mol. The highest BCUT2D eigenvalue weighted by atomic mass is 16.5. The molecule has 0 spiro atoms. The van der Waals surface area contributed by atoms with E-state index in [9.17, 15) is 24.3 Å². The number of hydrogen-bond donors (Lipinski definition) is 5. The van der Waals surface area contributed by atoms with E-state index in [0.29, 0.717) is 23.8 Å². The van der Waals surface area contributed by atoms with E-state index in [-0.39, 0.29) is 24.9 Å². The molecule has 13 nitrogen and oxygen atoms in total. The van der Waals surface area contributed by atoms with Crippen molar-refractivity contribution in [2.24, 2.45) is 29.4 Å². The highest BCUT2D eigenvalue weighted by molar-refractivity contribution is 5.90. The van der Waals surface area contributed by atoms with Gasteiger partial charge >= 0.3 is 12.2 Å². The van der Waals surface area contributed by atoms with E-state index in [4.69, 9.17) is 19.9 Å². The van der Waals surface area contributed by atoms with Gasteiger partial charge < -0.3 is 35.7 Å². The molecule has 13 heteroatoms. The number of amides is 3. The number of nitrogens with two attached hydrogens (primary N) is 1. The molecule has 0 radical (unpaired) electrons. The zero-order valence-corrected chi connectivity index (χ0v) is 29.3.